The van der Waals surface area contributed by atoms with Crippen molar-refractivity contribution in [3.8, 4) is 0 Å². The van der Waals surface area contributed by atoms with Crippen molar-refractivity contribution in [2.24, 2.45) is 11.8 Å². The Morgan fingerprint density at radius 1 is 1.32 bits per heavy atom. The Balaban J connectivity index is 1.85. The highest BCUT2D eigenvalue weighted by molar-refractivity contribution is 5.89. The maximum Gasteiger partial charge on any atom is 0.391 e. The van der Waals surface area contributed by atoms with Gasteiger partial charge in [-0.3, -0.25) is 9.59 Å². The smallest absolute Gasteiger partial charge is 0.355 e. The van der Waals surface area contributed by atoms with Crippen molar-refractivity contribution < 1.29 is 22.8 Å². The van der Waals surface area contributed by atoms with Gasteiger partial charge < -0.3 is 10.6 Å². The number of carbonyl (C=O) groups excluding carboxylic acids is 2. The largest absolute Gasteiger partial charge is 0.391 e. The van der Waals surface area contributed by atoms with Gasteiger partial charge in [-0.1, -0.05) is 6.42 Å². The van der Waals surface area contributed by atoms with Crippen LogP contribution in [0.3, 0.4) is 0 Å². The summed E-state index contributed by atoms with van der Waals surface area (Å²) in [5.41, 5.74) is 0. The van der Waals surface area contributed by atoms with Gasteiger partial charge in [-0.15, -0.1) is 0 Å². The standard InChI is InChI=1S/C12H17F3N2O2/c13-12(14,15)8-2-1-3-9(5-8)17-11(19)7-4-10(18)16-6-7/h7-9H,1-6H2,(H,16,18)(H,17,19). The number of alkyl halides is 3. The van der Waals surface area contributed by atoms with Crippen molar-refractivity contribution in [3.63, 3.8) is 0 Å². The summed E-state index contributed by atoms with van der Waals surface area (Å²) in [5.74, 6) is -2.27. The third-order valence-electron chi connectivity index (χ3n) is 3.83. The zero-order valence-electron chi connectivity index (χ0n) is 10.4. The average molecular weight is 278 g/mol. The average Bonchev–Trinajstić information content (AvgIpc) is 2.75. The summed E-state index contributed by atoms with van der Waals surface area (Å²) in [5, 5.41) is 5.19. The monoisotopic (exact) mass is 278 g/mol. The predicted octanol–water partition coefficient (Wildman–Crippen LogP) is 1.36. The summed E-state index contributed by atoms with van der Waals surface area (Å²) >= 11 is 0. The van der Waals surface area contributed by atoms with Gasteiger partial charge in [-0.05, 0) is 19.3 Å². The lowest BCUT2D eigenvalue weighted by Gasteiger charge is -2.31. The van der Waals surface area contributed by atoms with Gasteiger partial charge in [0.05, 0.1) is 11.8 Å². The molecule has 3 unspecified atom stereocenters. The Labute approximate surface area is 109 Å². The Morgan fingerprint density at radius 2 is 2.05 bits per heavy atom. The zero-order chi connectivity index (χ0) is 14.0. The van der Waals surface area contributed by atoms with Crippen LogP contribution in [0.2, 0.25) is 0 Å². The molecule has 0 aromatic carbocycles. The highest BCUT2D eigenvalue weighted by Gasteiger charge is 2.42. The lowest BCUT2D eigenvalue weighted by Crippen LogP contribution is -2.44. The van der Waals surface area contributed by atoms with Crippen LogP contribution in [0.15, 0.2) is 0 Å². The second-order valence-electron chi connectivity index (χ2n) is 5.32. The van der Waals surface area contributed by atoms with Gasteiger partial charge in [0.15, 0.2) is 0 Å². The van der Waals surface area contributed by atoms with Crippen LogP contribution in [-0.2, 0) is 9.59 Å². The molecule has 1 aliphatic heterocycles. The van der Waals surface area contributed by atoms with E-state index >= 15 is 0 Å². The van der Waals surface area contributed by atoms with Gasteiger partial charge in [0, 0.05) is 19.0 Å². The molecular formula is C12H17F3N2O2. The fourth-order valence-electron chi connectivity index (χ4n) is 2.73. The molecule has 2 fully saturated rings. The minimum atomic E-state index is -4.19. The number of carbonyl (C=O) groups is 2. The SMILES string of the molecule is O=C1CC(C(=O)NC2CCCC(C(F)(F)F)C2)CN1. The first-order chi connectivity index (χ1) is 8.86. The third kappa shape index (κ3) is 3.61. The van der Waals surface area contributed by atoms with Crippen LogP contribution in [0.4, 0.5) is 13.2 Å². The molecule has 1 aliphatic carbocycles. The Kier molecular flexibility index (Phi) is 4.01. The summed E-state index contributed by atoms with van der Waals surface area (Å²) in [7, 11) is 0. The molecule has 0 spiro atoms. The Bertz CT molecular complexity index is 370. The van der Waals surface area contributed by atoms with E-state index in [1.54, 1.807) is 0 Å². The van der Waals surface area contributed by atoms with Crippen LogP contribution in [0.1, 0.15) is 32.1 Å². The van der Waals surface area contributed by atoms with Gasteiger partial charge in [-0.2, -0.15) is 13.2 Å². The lowest BCUT2D eigenvalue weighted by molar-refractivity contribution is -0.184. The van der Waals surface area contributed by atoms with E-state index in [2.05, 4.69) is 10.6 Å². The first-order valence-electron chi connectivity index (χ1n) is 6.50. The minimum absolute atomic E-state index is 0.0522. The van der Waals surface area contributed by atoms with Crippen LogP contribution in [0, 0.1) is 11.8 Å². The molecule has 2 rings (SSSR count). The van der Waals surface area contributed by atoms with Crippen molar-refractivity contribution in [1.82, 2.24) is 10.6 Å². The van der Waals surface area contributed by atoms with Crippen molar-refractivity contribution in [3.05, 3.63) is 0 Å². The molecule has 1 heterocycles. The van der Waals surface area contributed by atoms with Gasteiger partial charge in [0.25, 0.3) is 0 Å². The van der Waals surface area contributed by atoms with Gasteiger partial charge >= 0.3 is 6.18 Å². The van der Waals surface area contributed by atoms with Crippen molar-refractivity contribution in [2.45, 2.75) is 44.3 Å². The van der Waals surface area contributed by atoms with Gasteiger partial charge in [0.1, 0.15) is 0 Å². The highest BCUT2D eigenvalue weighted by atomic mass is 19.4. The molecule has 0 bridgehead atoms. The predicted molar refractivity (Wildman–Crippen MR) is 61.1 cm³/mol. The summed E-state index contributed by atoms with van der Waals surface area (Å²) in [6.07, 6.45) is -2.93. The highest BCUT2D eigenvalue weighted by Crippen LogP contribution is 2.37. The number of rotatable bonds is 2. The molecule has 0 aromatic heterocycles. The van der Waals surface area contributed by atoms with Crippen LogP contribution in [0.5, 0.6) is 0 Å². The molecule has 2 amide bonds. The summed E-state index contributed by atoms with van der Waals surface area (Å²) in [6, 6.07) is -0.427. The van der Waals surface area contributed by atoms with E-state index in [1.165, 1.54) is 0 Å². The fraction of sp³-hybridized carbons (Fsp3) is 0.833. The van der Waals surface area contributed by atoms with E-state index < -0.39 is 24.1 Å². The molecule has 19 heavy (non-hydrogen) atoms. The number of hydrogen-bond acceptors (Lipinski definition) is 2. The minimum Gasteiger partial charge on any atom is -0.355 e. The molecule has 7 heteroatoms. The fourth-order valence-corrected chi connectivity index (χ4v) is 2.73. The molecule has 1 saturated heterocycles. The van der Waals surface area contributed by atoms with Crippen LogP contribution in [0.25, 0.3) is 0 Å². The molecule has 2 N–H and O–H groups in total. The third-order valence-corrected chi connectivity index (χ3v) is 3.83. The molecular weight excluding hydrogens is 261 g/mol. The number of halogens is 3. The quantitative estimate of drug-likeness (QED) is 0.801. The Hall–Kier alpha value is -1.27. The summed E-state index contributed by atoms with van der Waals surface area (Å²) < 4.78 is 37.9. The number of hydrogen-bond donors (Lipinski definition) is 2. The second kappa shape index (κ2) is 5.38. The van der Waals surface area contributed by atoms with Crippen LogP contribution < -0.4 is 10.6 Å². The topological polar surface area (TPSA) is 58.2 Å². The molecule has 108 valence electrons. The van der Waals surface area contributed by atoms with Crippen molar-refractivity contribution in [2.75, 3.05) is 6.54 Å². The summed E-state index contributed by atoms with van der Waals surface area (Å²) in [4.78, 5) is 22.8. The van der Waals surface area contributed by atoms with E-state index in [-0.39, 0.29) is 37.6 Å². The van der Waals surface area contributed by atoms with Crippen LogP contribution >= 0.6 is 0 Å². The van der Waals surface area contributed by atoms with Crippen molar-refractivity contribution in [1.29, 1.82) is 0 Å². The molecule has 3 atom stereocenters. The van der Waals surface area contributed by atoms with E-state index in [0.29, 0.717) is 12.8 Å². The van der Waals surface area contributed by atoms with E-state index in [4.69, 9.17) is 0 Å². The van der Waals surface area contributed by atoms with Gasteiger partial charge in [0.2, 0.25) is 11.8 Å². The lowest BCUT2D eigenvalue weighted by atomic mass is 9.85. The second-order valence-corrected chi connectivity index (χ2v) is 5.32. The first kappa shape index (κ1) is 14.1. The van der Waals surface area contributed by atoms with E-state index in [0.717, 1.165) is 0 Å². The molecule has 1 saturated carbocycles. The molecule has 0 aromatic rings. The van der Waals surface area contributed by atoms with E-state index in [1.807, 2.05) is 0 Å². The molecule has 0 radical (unpaired) electrons. The van der Waals surface area contributed by atoms with Crippen LogP contribution in [-0.4, -0.2) is 30.6 Å². The van der Waals surface area contributed by atoms with Gasteiger partial charge in [-0.25, -0.2) is 0 Å². The first-order valence-corrected chi connectivity index (χ1v) is 6.50. The number of amides is 2. The number of nitrogens with one attached hydrogen (secondary N) is 2. The Morgan fingerprint density at radius 3 is 2.63 bits per heavy atom. The summed E-state index contributed by atoms with van der Waals surface area (Å²) in [6.45, 7) is 0.278. The maximum absolute atomic E-state index is 12.6. The normalized spacial score (nSPS) is 31.9. The molecule has 2 aliphatic rings. The van der Waals surface area contributed by atoms with E-state index in [9.17, 15) is 22.8 Å². The maximum atomic E-state index is 12.6. The zero-order valence-corrected chi connectivity index (χ0v) is 10.4. The van der Waals surface area contributed by atoms with Crippen molar-refractivity contribution >= 4 is 11.8 Å². The molecule has 4 nitrogen and oxygen atoms in total.